The molecular formula is C16H30N2O. The summed E-state index contributed by atoms with van der Waals surface area (Å²) in [6, 6.07) is 3.31. The van der Waals surface area contributed by atoms with Gasteiger partial charge in [0.15, 0.2) is 0 Å². The number of hydrogen-bond donors (Lipinski definition) is 1. The molecule has 2 atom stereocenters. The number of hydrogen-bond acceptors (Lipinski definition) is 3. The van der Waals surface area contributed by atoms with E-state index in [1.807, 2.05) is 0 Å². The van der Waals surface area contributed by atoms with Gasteiger partial charge in [0.05, 0.1) is 6.10 Å². The Bertz CT molecular complexity index is 276. The Morgan fingerprint density at radius 3 is 2.26 bits per heavy atom. The first-order valence-corrected chi connectivity index (χ1v) is 8.44. The van der Waals surface area contributed by atoms with Gasteiger partial charge in [0.2, 0.25) is 0 Å². The molecular weight excluding hydrogens is 236 g/mol. The second-order valence-electron chi connectivity index (χ2n) is 6.61. The van der Waals surface area contributed by atoms with Crippen LogP contribution in [-0.2, 0) is 4.74 Å². The number of nitrogens with zero attached hydrogens (tertiary/aromatic N) is 1. The van der Waals surface area contributed by atoms with Gasteiger partial charge in [0.1, 0.15) is 0 Å². The Morgan fingerprint density at radius 1 is 1.00 bits per heavy atom. The molecule has 3 nitrogen and oxygen atoms in total. The Balaban J connectivity index is 1.57. The van der Waals surface area contributed by atoms with Crippen LogP contribution in [0.1, 0.15) is 58.8 Å². The molecule has 3 aliphatic rings. The molecule has 0 radical (unpaired) electrons. The Kier molecular flexibility index (Phi) is 4.45. The van der Waals surface area contributed by atoms with Crippen LogP contribution in [0, 0.1) is 0 Å². The Hall–Kier alpha value is -0.120. The minimum Gasteiger partial charge on any atom is -0.378 e. The quantitative estimate of drug-likeness (QED) is 0.827. The Labute approximate surface area is 118 Å². The smallest absolute Gasteiger partial charge is 0.0604 e. The van der Waals surface area contributed by atoms with Crippen molar-refractivity contribution in [2.75, 3.05) is 13.2 Å². The van der Waals surface area contributed by atoms with Gasteiger partial charge in [-0.1, -0.05) is 13.3 Å². The minimum absolute atomic E-state index is 0.558. The Morgan fingerprint density at radius 2 is 1.68 bits per heavy atom. The molecule has 2 saturated heterocycles. The molecule has 0 amide bonds. The summed E-state index contributed by atoms with van der Waals surface area (Å²) in [6.07, 6.45) is 10.2. The molecule has 110 valence electrons. The summed E-state index contributed by atoms with van der Waals surface area (Å²) in [4.78, 5) is 2.90. The zero-order chi connectivity index (χ0) is 13.2. The fraction of sp³-hybridized carbons (Fsp3) is 1.00. The normalized spacial score (nSPS) is 42.9. The monoisotopic (exact) mass is 266 g/mol. The maximum Gasteiger partial charge on any atom is 0.0604 e. The first-order chi connectivity index (χ1) is 9.31. The second-order valence-corrected chi connectivity index (χ2v) is 6.61. The van der Waals surface area contributed by atoms with Crippen LogP contribution in [0.2, 0.25) is 0 Å². The van der Waals surface area contributed by atoms with E-state index in [2.05, 4.69) is 24.1 Å². The fourth-order valence-corrected chi connectivity index (χ4v) is 4.62. The average Bonchev–Trinajstić information content (AvgIpc) is 2.33. The van der Waals surface area contributed by atoms with E-state index in [-0.39, 0.29) is 0 Å². The molecule has 0 aromatic carbocycles. The zero-order valence-corrected chi connectivity index (χ0v) is 12.6. The predicted octanol–water partition coefficient (Wildman–Crippen LogP) is 2.55. The number of fused-ring (bicyclic) bond motifs is 2. The molecule has 2 bridgehead atoms. The number of rotatable bonds is 5. The van der Waals surface area contributed by atoms with Gasteiger partial charge in [0.25, 0.3) is 0 Å². The van der Waals surface area contributed by atoms with Crippen molar-refractivity contribution in [2.24, 2.45) is 0 Å². The molecule has 1 saturated carbocycles. The molecule has 19 heavy (non-hydrogen) atoms. The minimum atomic E-state index is 0.558. The highest BCUT2D eigenvalue weighted by molar-refractivity contribution is 5.01. The van der Waals surface area contributed by atoms with Crippen LogP contribution in [-0.4, -0.2) is 48.3 Å². The van der Waals surface area contributed by atoms with Crippen molar-refractivity contribution in [3.8, 4) is 0 Å². The lowest BCUT2D eigenvalue weighted by molar-refractivity contribution is -0.0979. The number of nitrogens with one attached hydrogen (secondary N) is 1. The molecule has 1 N–H and O–H groups in total. The molecule has 0 spiro atoms. The molecule has 3 rings (SSSR count). The summed E-state index contributed by atoms with van der Waals surface area (Å²) >= 11 is 0. The standard InChI is InChI=1S/C16H30N2O/c1-3-17-12-8-13-6-5-7-14(9-12)18(13)15-10-16(11-15)19-4-2/h12-17H,3-11H2,1-2H3. The molecule has 2 heterocycles. The van der Waals surface area contributed by atoms with Gasteiger partial charge < -0.3 is 10.1 Å². The summed E-state index contributed by atoms with van der Waals surface area (Å²) in [6.45, 7) is 6.36. The van der Waals surface area contributed by atoms with Crippen molar-refractivity contribution < 1.29 is 4.74 Å². The number of ether oxygens (including phenoxy) is 1. The van der Waals surface area contributed by atoms with Crippen molar-refractivity contribution in [3.05, 3.63) is 0 Å². The predicted molar refractivity (Wildman–Crippen MR) is 78.4 cm³/mol. The van der Waals surface area contributed by atoms with E-state index in [1.165, 1.54) is 44.9 Å². The van der Waals surface area contributed by atoms with Crippen LogP contribution < -0.4 is 5.32 Å². The van der Waals surface area contributed by atoms with Crippen molar-refractivity contribution in [1.29, 1.82) is 0 Å². The van der Waals surface area contributed by atoms with Crippen LogP contribution in [0.25, 0.3) is 0 Å². The lowest BCUT2D eigenvalue weighted by Gasteiger charge is -2.56. The summed E-state index contributed by atoms with van der Waals surface area (Å²) < 4.78 is 5.74. The highest BCUT2D eigenvalue weighted by atomic mass is 16.5. The van der Waals surface area contributed by atoms with E-state index < -0.39 is 0 Å². The third-order valence-corrected chi connectivity index (χ3v) is 5.42. The average molecular weight is 266 g/mol. The molecule has 0 aromatic heterocycles. The van der Waals surface area contributed by atoms with E-state index in [9.17, 15) is 0 Å². The summed E-state index contributed by atoms with van der Waals surface area (Å²) in [5.74, 6) is 0. The van der Waals surface area contributed by atoms with E-state index in [1.54, 1.807) is 0 Å². The van der Waals surface area contributed by atoms with Crippen molar-refractivity contribution in [3.63, 3.8) is 0 Å². The lowest BCUT2D eigenvalue weighted by Crippen LogP contribution is -2.63. The van der Waals surface area contributed by atoms with E-state index in [0.717, 1.165) is 37.3 Å². The van der Waals surface area contributed by atoms with Crippen molar-refractivity contribution >= 4 is 0 Å². The number of piperidine rings is 2. The summed E-state index contributed by atoms with van der Waals surface area (Å²) in [7, 11) is 0. The zero-order valence-electron chi connectivity index (χ0n) is 12.6. The third kappa shape index (κ3) is 2.84. The second kappa shape index (κ2) is 6.11. The van der Waals surface area contributed by atoms with Gasteiger partial charge in [-0.15, -0.1) is 0 Å². The third-order valence-electron chi connectivity index (χ3n) is 5.42. The van der Waals surface area contributed by atoms with Crippen LogP contribution in [0.15, 0.2) is 0 Å². The highest BCUT2D eigenvalue weighted by Gasteiger charge is 2.45. The lowest BCUT2D eigenvalue weighted by atomic mass is 9.76. The van der Waals surface area contributed by atoms with Gasteiger partial charge in [-0.25, -0.2) is 0 Å². The molecule has 3 fully saturated rings. The maximum atomic E-state index is 5.74. The van der Waals surface area contributed by atoms with Crippen LogP contribution in [0.4, 0.5) is 0 Å². The van der Waals surface area contributed by atoms with Gasteiger partial charge in [-0.2, -0.15) is 0 Å². The van der Waals surface area contributed by atoms with Crippen LogP contribution in [0.3, 0.4) is 0 Å². The van der Waals surface area contributed by atoms with Crippen molar-refractivity contribution in [1.82, 2.24) is 10.2 Å². The fourth-order valence-electron chi connectivity index (χ4n) is 4.62. The topological polar surface area (TPSA) is 24.5 Å². The van der Waals surface area contributed by atoms with Gasteiger partial charge in [-0.3, -0.25) is 4.90 Å². The molecule has 0 aromatic rings. The molecule has 2 aliphatic heterocycles. The molecule has 1 aliphatic carbocycles. The SMILES string of the molecule is CCNC1CC2CCCC(C1)N2C1CC(OCC)C1. The largest absolute Gasteiger partial charge is 0.378 e. The van der Waals surface area contributed by atoms with Crippen molar-refractivity contribution in [2.45, 2.75) is 89.1 Å². The molecule has 3 heteroatoms. The van der Waals surface area contributed by atoms with E-state index >= 15 is 0 Å². The van der Waals surface area contributed by atoms with Gasteiger partial charge >= 0.3 is 0 Å². The summed E-state index contributed by atoms with van der Waals surface area (Å²) in [5, 5.41) is 3.69. The van der Waals surface area contributed by atoms with E-state index in [0.29, 0.717) is 6.10 Å². The maximum absolute atomic E-state index is 5.74. The van der Waals surface area contributed by atoms with Crippen LogP contribution in [0.5, 0.6) is 0 Å². The van der Waals surface area contributed by atoms with Crippen LogP contribution >= 0.6 is 0 Å². The van der Waals surface area contributed by atoms with Gasteiger partial charge in [0, 0.05) is 30.8 Å². The highest BCUT2D eigenvalue weighted by Crippen LogP contribution is 2.41. The van der Waals surface area contributed by atoms with E-state index in [4.69, 9.17) is 4.74 Å². The van der Waals surface area contributed by atoms with Gasteiger partial charge in [-0.05, 0) is 52.0 Å². The first-order valence-electron chi connectivity index (χ1n) is 8.44. The summed E-state index contributed by atoms with van der Waals surface area (Å²) in [5.41, 5.74) is 0. The first kappa shape index (κ1) is 13.8. The molecule has 2 unspecified atom stereocenters.